The molecule has 10 heteroatoms. The predicted molar refractivity (Wildman–Crippen MR) is 110 cm³/mol. The highest BCUT2D eigenvalue weighted by Gasteiger charge is 2.15. The highest BCUT2D eigenvalue weighted by Crippen LogP contribution is 2.14. The fourth-order valence-electron chi connectivity index (χ4n) is 1.99. The van der Waals surface area contributed by atoms with Crippen molar-refractivity contribution in [3.63, 3.8) is 0 Å². The number of Topliss-reactive ketones (excluding diaryl/α,β-unsaturated/α-hetero) is 1. The fraction of sp³-hybridized carbons (Fsp3) is 0.167. The van der Waals surface area contributed by atoms with Crippen LogP contribution in [-0.4, -0.2) is 33.6 Å². The second-order valence-electron chi connectivity index (χ2n) is 5.54. The molecule has 8 nitrogen and oxygen atoms in total. The Balaban J connectivity index is 1.86. The molecule has 0 aliphatic carbocycles. The molecular weight excluding hydrogens is 402 g/mol. The molecule has 0 bridgehead atoms. The fourth-order valence-corrected chi connectivity index (χ4v) is 2.56. The molecule has 4 N–H and O–H groups in total. The van der Waals surface area contributed by atoms with Crippen LogP contribution in [0.15, 0.2) is 42.6 Å². The average Bonchev–Trinajstić information content (AvgIpc) is 2.66. The summed E-state index contributed by atoms with van der Waals surface area (Å²) in [7, 11) is 0. The van der Waals surface area contributed by atoms with E-state index in [1.807, 2.05) is 0 Å². The van der Waals surface area contributed by atoms with Gasteiger partial charge in [0.05, 0.1) is 12.1 Å². The van der Waals surface area contributed by atoms with Crippen LogP contribution in [0.4, 0.5) is 5.82 Å². The third-order valence-corrected chi connectivity index (χ3v) is 4.12. The zero-order valence-electron chi connectivity index (χ0n) is 14.9. The Hall–Kier alpha value is -2.91. The number of pyridine rings is 1. The van der Waals surface area contributed by atoms with E-state index >= 15 is 0 Å². The van der Waals surface area contributed by atoms with Gasteiger partial charge >= 0.3 is 0 Å². The number of thioether (sulfide) groups is 1. The molecule has 0 unspecified atom stereocenters. The molecule has 1 amide bonds. The van der Waals surface area contributed by atoms with Crippen molar-refractivity contribution in [2.75, 3.05) is 11.9 Å². The molecule has 0 radical (unpaired) electrons. The maximum Gasteiger partial charge on any atom is 0.260 e. The van der Waals surface area contributed by atoms with E-state index in [2.05, 4.69) is 15.6 Å². The third-order valence-electron chi connectivity index (χ3n) is 3.26. The predicted octanol–water partition coefficient (Wildman–Crippen LogP) is 3.29. The summed E-state index contributed by atoms with van der Waals surface area (Å²) in [4.78, 5) is 27.5. The van der Waals surface area contributed by atoms with Gasteiger partial charge in [-0.05, 0) is 36.8 Å². The lowest BCUT2D eigenvalue weighted by Crippen LogP contribution is -2.30. The molecular formula is C18H18ClN5O3S. The smallest absolute Gasteiger partial charge is 0.260 e. The van der Waals surface area contributed by atoms with Crippen molar-refractivity contribution in [2.45, 2.75) is 13.5 Å². The monoisotopic (exact) mass is 419 g/mol. The first-order chi connectivity index (χ1) is 13.3. The quantitative estimate of drug-likeness (QED) is 0.420. The third kappa shape index (κ3) is 7.01. The summed E-state index contributed by atoms with van der Waals surface area (Å²) in [6.07, 6.45) is 1.49. The van der Waals surface area contributed by atoms with Crippen LogP contribution in [0.3, 0.4) is 0 Å². The van der Waals surface area contributed by atoms with Crippen LogP contribution >= 0.6 is 23.4 Å². The summed E-state index contributed by atoms with van der Waals surface area (Å²) in [5, 5.41) is 20.9. The lowest BCUT2D eigenvalue weighted by atomic mass is 10.2. The highest BCUT2D eigenvalue weighted by molar-refractivity contribution is 8.26. The summed E-state index contributed by atoms with van der Waals surface area (Å²) in [6, 6.07) is 10.1. The SMILES string of the molecule is CC(=O)CNc1ncccc1C(=O)NC(=N)SC(=N)OCc1ccc(Cl)cc1. The van der Waals surface area contributed by atoms with Crippen molar-refractivity contribution in [3.8, 4) is 0 Å². The van der Waals surface area contributed by atoms with Crippen molar-refractivity contribution >= 4 is 51.3 Å². The molecule has 2 rings (SSSR count). The van der Waals surface area contributed by atoms with Crippen molar-refractivity contribution in [1.82, 2.24) is 10.3 Å². The topological polar surface area (TPSA) is 128 Å². The van der Waals surface area contributed by atoms with Gasteiger partial charge in [-0.2, -0.15) is 0 Å². The van der Waals surface area contributed by atoms with Gasteiger partial charge in [-0.1, -0.05) is 23.7 Å². The summed E-state index contributed by atoms with van der Waals surface area (Å²) in [5.74, 6) is -0.448. The van der Waals surface area contributed by atoms with Gasteiger partial charge in [-0.25, -0.2) is 4.98 Å². The molecule has 0 aliphatic rings. The van der Waals surface area contributed by atoms with Crippen LogP contribution in [0, 0.1) is 10.8 Å². The largest absolute Gasteiger partial charge is 0.468 e. The van der Waals surface area contributed by atoms with Gasteiger partial charge in [0.1, 0.15) is 18.2 Å². The van der Waals surface area contributed by atoms with Gasteiger partial charge in [0.15, 0.2) is 5.17 Å². The van der Waals surface area contributed by atoms with Crippen molar-refractivity contribution in [2.24, 2.45) is 0 Å². The number of nitrogens with zero attached hydrogens (tertiary/aromatic N) is 1. The number of rotatable bonds is 6. The number of halogens is 1. The Labute approximate surface area is 171 Å². The van der Waals surface area contributed by atoms with Crippen LogP contribution in [0.1, 0.15) is 22.8 Å². The number of carbonyl (C=O) groups excluding carboxylic acids is 2. The Morgan fingerprint density at radius 1 is 1.21 bits per heavy atom. The van der Waals surface area contributed by atoms with E-state index in [0.717, 1.165) is 5.56 Å². The number of anilines is 1. The number of aromatic nitrogens is 1. The second kappa shape index (κ2) is 10.4. The Bertz CT molecular complexity index is 889. The molecule has 1 heterocycles. The van der Waals surface area contributed by atoms with Crippen LogP contribution in [-0.2, 0) is 16.1 Å². The first-order valence-electron chi connectivity index (χ1n) is 8.07. The molecule has 146 valence electrons. The zero-order chi connectivity index (χ0) is 20.5. The van der Waals surface area contributed by atoms with Gasteiger partial charge < -0.3 is 15.4 Å². The number of hydrogen-bond donors (Lipinski definition) is 4. The minimum atomic E-state index is -0.581. The van der Waals surface area contributed by atoms with Crippen LogP contribution in [0.25, 0.3) is 0 Å². The minimum Gasteiger partial charge on any atom is -0.468 e. The van der Waals surface area contributed by atoms with Gasteiger partial charge in [0.2, 0.25) is 0 Å². The molecule has 2 aromatic rings. The van der Waals surface area contributed by atoms with Crippen LogP contribution < -0.4 is 10.6 Å². The number of amides is 1. The summed E-state index contributed by atoms with van der Waals surface area (Å²) >= 11 is 6.47. The highest BCUT2D eigenvalue weighted by atomic mass is 35.5. The number of hydrogen-bond acceptors (Lipinski definition) is 8. The number of ether oxygens (including phenoxy) is 1. The van der Waals surface area contributed by atoms with E-state index in [9.17, 15) is 9.59 Å². The zero-order valence-corrected chi connectivity index (χ0v) is 16.5. The standard InChI is InChI=1S/C18H18ClN5O3S/c1-11(25)9-23-15-14(3-2-8-22-15)16(26)24-17(20)28-18(21)27-10-12-4-6-13(19)7-5-12/h2-8,21H,9-10H2,1H3,(H,22,23)(H2,20,24,26). The van der Waals surface area contributed by atoms with E-state index in [4.69, 9.17) is 27.2 Å². The van der Waals surface area contributed by atoms with Crippen molar-refractivity contribution in [3.05, 3.63) is 58.7 Å². The van der Waals surface area contributed by atoms with E-state index < -0.39 is 5.91 Å². The van der Waals surface area contributed by atoms with E-state index in [0.29, 0.717) is 16.8 Å². The maximum atomic E-state index is 12.4. The van der Waals surface area contributed by atoms with Crippen molar-refractivity contribution < 1.29 is 14.3 Å². The molecule has 0 atom stereocenters. The molecule has 1 aromatic carbocycles. The summed E-state index contributed by atoms with van der Waals surface area (Å²) in [5.41, 5.74) is 1.00. The first-order valence-corrected chi connectivity index (χ1v) is 9.26. The Morgan fingerprint density at radius 3 is 2.61 bits per heavy atom. The van der Waals surface area contributed by atoms with Crippen molar-refractivity contribution in [1.29, 1.82) is 10.8 Å². The molecule has 0 fully saturated rings. The number of nitrogens with one attached hydrogen (secondary N) is 4. The lowest BCUT2D eigenvalue weighted by molar-refractivity contribution is -0.115. The van der Waals surface area contributed by atoms with Gasteiger partial charge in [0.25, 0.3) is 11.1 Å². The normalized spacial score (nSPS) is 10.1. The molecule has 0 saturated carbocycles. The average molecular weight is 420 g/mol. The molecule has 0 saturated heterocycles. The first kappa shape index (κ1) is 21.4. The number of ketones is 1. The second-order valence-corrected chi connectivity index (χ2v) is 6.96. The number of benzene rings is 1. The van der Waals surface area contributed by atoms with Crippen LogP contribution in [0.5, 0.6) is 0 Å². The van der Waals surface area contributed by atoms with E-state index in [-0.39, 0.29) is 40.7 Å². The number of carbonyl (C=O) groups is 2. The molecule has 0 aliphatic heterocycles. The Morgan fingerprint density at radius 2 is 1.93 bits per heavy atom. The van der Waals surface area contributed by atoms with Gasteiger partial charge in [-0.3, -0.25) is 20.4 Å². The minimum absolute atomic E-state index is 0.0344. The molecule has 28 heavy (non-hydrogen) atoms. The molecule has 1 aromatic heterocycles. The lowest BCUT2D eigenvalue weighted by Gasteiger charge is -2.11. The Kier molecular flexibility index (Phi) is 7.97. The maximum absolute atomic E-state index is 12.4. The summed E-state index contributed by atoms with van der Waals surface area (Å²) in [6.45, 7) is 1.59. The van der Waals surface area contributed by atoms with Crippen LogP contribution in [0.2, 0.25) is 5.02 Å². The van der Waals surface area contributed by atoms with Gasteiger partial charge in [0, 0.05) is 23.0 Å². The van der Waals surface area contributed by atoms with E-state index in [1.165, 1.54) is 19.2 Å². The van der Waals surface area contributed by atoms with E-state index in [1.54, 1.807) is 30.3 Å². The van der Waals surface area contributed by atoms with Gasteiger partial charge in [-0.15, -0.1) is 0 Å². The summed E-state index contributed by atoms with van der Waals surface area (Å²) < 4.78 is 5.26. The molecule has 0 spiro atoms. The number of amidine groups is 1.